The second-order valence-corrected chi connectivity index (χ2v) is 2.09. The molecule has 0 aliphatic heterocycles. The van der Waals surface area contributed by atoms with Gasteiger partial charge in [-0.15, -0.1) is 0 Å². The normalized spacial score (nSPS) is 8.18. The maximum absolute atomic E-state index is 5.01. The van der Waals surface area contributed by atoms with Gasteiger partial charge in [-0.2, -0.15) is 5.90 Å². The third-order valence-electron chi connectivity index (χ3n) is 1.21. The summed E-state index contributed by atoms with van der Waals surface area (Å²) >= 11 is 0. The molecular weight excluding hydrogens is 138 g/mol. The van der Waals surface area contributed by atoms with Gasteiger partial charge in [0, 0.05) is 5.57 Å². The quantitative estimate of drug-likeness (QED) is 0.379. The van der Waals surface area contributed by atoms with Crippen molar-refractivity contribution in [2.75, 3.05) is 0 Å². The first-order valence-corrected chi connectivity index (χ1v) is 3.19. The Morgan fingerprint density at radius 1 is 1.36 bits per heavy atom. The van der Waals surface area contributed by atoms with E-state index in [2.05, 4.69) is 24.6 Å². The van der Waals surface area contributed by atoms with E-state index in [9.17, 15) is 0 Å². The molecule has 2 heteroatoms. The minimum absolute atomic E-state index is 0.523. The molecule has 0 saturated heterocycles. The molecule has 0 radical (unpaired) electrons. The first kappa shape index (κ1) is 9.72. The van der Waals surface area contributed by atoms with Crippen LogP contribution >= 0.6 is 0 Å². The number of hydrogen-bond acceptors (Lipinski definition) is 2. The monoisotopic (exact) mass is 151 g/mol. The largest absolute Gasteiger partial charge is 0.411 e. The van der Waals surface area contributed by atoms with Crippen molar-refractivity contribution in [3.05, 3.63) is 48.8 Å². The van der Waals surface area contributed by atoms with Crippen molar-refractivity contribution in [2.24, 2.45) is 5.90 Å². The summed E-state index contributed by atoms with van der Waals surface area (Å²) in [4.78, 5) is 4.59. The minimum atomic E-state index is 0.523. The van der Waals surface area contributed by atoms with E-state index in [1.807, 2.05) is 0 Å². The van der Waals surface area contributed by atoms with E-state index in [1.54, 1.807) is 19.1 Å². The average Bonchev–Trinajstić information content (AvgIpc) is 1.99. The van der Waals surface area contributed by atoms with Crippen molar-refractivity contribution < 1.29 is 4.84 Å². The van der Waals surface area contributed by atoms with Crippen molar-refractivity contribution in [3.63, 3.8) is 0 Å². The van der Waals surface area contributed by atoms with Crippen LogP contribution in [0.2, 0.25) is 0 Å². The van der Waals surface area contributed by atoms with Crippen molar-refractivity contribution in [1.82, 2.24) is 0 Å². The average molecular weight is 151 g/mol. The summed E-state index contributed by atoms with van der Waals surface area (Å²) in [5, 5.41) is 0. The van der Waals surface area contributed by atoms with Crippen LogP contribution in [0.25, 0.3) is 0 Å². The van der Waals surface area contributed by atoms with Crippen LogP contribution in [0.4, 0.5) is 0 Å². The molecule has 11 heavy (non-hydrogen) atoms. The van der Waals surface area contributed by atoms with E-state index < -0.39 is 0 Å². The van der Waals surface area contributed by atoms with Crippen LogP contribution in [0.3, 0.4) is 0 Å². The fourth-order valence-electron chi connectivity index (χ4n) is 0.684. The Labute approximate surface area is 67.3 Å². The van der Waals surface area contributed by atoms with Gasteiger partial charge in [-0.1, -0.05) is 31.9 Å². The smallest absolute Gasteiger partial charge is 0.156 e. The molecule has 0 rings (SSSR count). The zero-order valence-corrected chi connectivity index (χ0v) is 6.76. The highest BCUT2D eigenvalue weighted by Crippen LogP contribution is 2.13. The minimum Gasteiger partial charge on any atom is -0.411 e. The van der Waals surface area contributed by atoms with E-state index >= 15 is 0 Å². The van der Waals surface area contributed by atoms with Gasteiger partial charge in [-0.25, -0.2) is 0 Å². The van der Waals surface area contributed by atoms with Gasteiger partial charge >= 0.3 is 0 Å². The predicted octanol–water partition coefficient (Wildman–Crippen LogP) is 2.08. The molecule has 0 aromatic rings. The molecule has 0 aliphatic carbocycles. The molecule has 0 fully saturated rings. The fraction of sp³-hybridized carbons (Fsp3) is 0.111. The second kappa shape index (κ2) is 4.52. The summed E-state index contributed by atoms with van der Waals surface area (Å²) in [5.41, 5.74) is 1.50. The van der Waals surface area contributed by atoms with Gasteiger partial charge in [-0.05, 0) is 12.5 Å². The Morgan fingerprint density at radius 2 is 1.82 bits per heavy atom. The van der Waals surface area contributed by atoms with Crippen LogP contribution in [-0.2, 0) is 4.84 Å². The molecule has 0 aliphatic rings. The van der Waals surface area contributed by atoms with Crippen LogP contribution in [-0.4, -0.2) is 0 Å². The van der Waals surface area contributed by atoms with Crippen molar-refractivity contribution in [1.29, 1.82) is 0 Å². The summed E-state index contributed by atoms with van der Waals surface area (Å²) in [7, 11) is 0. The van der Waals surface area contributed by atoms with Crippen molar-refractivity contribution in [2.45, 2.75) is 6.92 Å². The summed E-state index contributed by atoms with van der Waals surface area (Å²) in [6.07, 6.45) is 3.23. The molecule has 0 heterocycles. The Morgan fingerprint density at radius 3 is 1.91 bits per heavy atom. The summed E-state index contributed by atoms with van der Waals surface area (Å²) in [6, 6.07) is 0. The zero-order chi connectivity index (χ0) is 8.85. The highest BCUT2D eigenvalue weighted by molar-refractivity contribution is 5.38. The molecule has 0 spiro atoms. The van der Waals surface area contributed by atoms with Crippen LogP contribution in [0.5, 0.6) is 0 Å². The van der Waals surface area contributed by atoms with Crippen LogP contribution in [0.1, 0.15) is 6.92 Å². The number of hydrogen-bond donors (Lipinski definition) is 1. The zero-order valence-electron chi connectivity index (χ0n) is 6.76. The Hall–Kier alpha value is -1.28. The predicted molar refractivity (Wildman–Crippen MR) is 47.5 cm³/mol. The maximum atomic E-state index is 5.01. The first-order valence-electron chi connectivity index (χ1n) is 3.19. The lowest BCUT2D eigenvalue weighted by molar-refractivity contribution is 0.227. The van der Waals surface area contributed by atoms with E-state index in [-0.39, 0.29) is 0 Å². The van der Waals surface area contributed by atoms with E-state index in [0.29, 0.717) is 5.76 Å². The third kappa shape index (κ3) is 2.43. The molecule has 60 valence electrons. The summed E-state index contributed by atoms with van der Waals surface area (Å²) < 4.78 is 0. The lowest BCUT2D eigenvalue weighted by Gasteiger charge is -2.05. The molecule has 0 aromatic heterocycles. The lowest BCUT2D eigenvalue weighted by Crippen LogP contribution is -2.02. The molecule has 0 aromatic carbocycles. The van der Waals surface area contributed by atoms with Gasteiger partial charge < -0.3 is 4.84 Å². The van der Waals surface area contributed by atoms with Crippen molar-refractivity contribution >= 4 is 0 Å². The highest BCUT2D eigenvalue weighted by Gasteiger charge is 2.01. The summed E-state index contributed by atoms with van der Waals surface area (Å²) in [6.45, 7) is 12.6. The number of nitrogens with two attached hydrogens (primary N) is 1. The molecular formula is C9H13NO. The fourth-order valence-corrected chi connectivity index (χ4v) is 0.684. The lowest BCUT2D eigenvalue weighted by atomic mass is 10.1. The standard InChI is InChI=1S/C9H13NO/c1-5-8(6-2)9(11-10)7(3)4/h5-6H,1-3,10H2,4H3. The van der Waals surface area contributed by atoms with E-state index in [0.717, 1.165) is 11.1 Å². The van der Waals surface area contributed by atoms with Gasteiger partial charge in [0.1, 0.15) is 0 Å². The topological polar surface area (TPSA) is 35.2 Å². The maximum Gasteiger partial charge on any atom is 0.156 e. The van der Waals surface area contributed by atoms with Gasteiger partial charge in [0.25, 0.3) is 0 Å². The van der Waals surface area contributed by atoms with Crippen LogP contribution in [0.15, 0.2) is 48.8 Å². The van der Waals surface area contributed by atoms with Crippen LogP contribution < -0.4 is 5.90 Å². The molecule has 0 amide bonds. The SMILES string of the molecule is C=CC(C=C)=C(ON)C(=C)C. The van der Waals surface area contributed by atoms with Gasteiger partial charge in [0.15, 0.2) is 5.76 Å². The van der Waals surface area contributed by atoms with Crippen LogP contribution in [0, 0.1) is 0 Å². The van der Waals surface area contributed by atoms with E-state index in [1.165, 1.54) is 0 Å². The van der Waals surface area contributed by atoms with Gasteiger partial charge in [0.05, 0.1) is 0 Å². The van der Waals surface area contributed by atoms with Gasteiger partial charge in [-0.3, -0.25) is 0 Å². The summed E-state index contributed by atoms with van der Waals surface area (Å²) in [5.74, 6) is 5.53. The Balaban J connectivity index is 4.92. The van der Waals surface area contributed by atoms with Crippen molar-refractivity contribution in [3.8, 4) is 0 Å². The molecule has 2 nitrogen and oxygen atoms in total. The first-order chi connectivity index (χ1) is 5.17. The number of rotatable bonds is 4. The molecule has 0 saturated carbocycles. The highest BCUT2D eigenvalue weighted by atomic mass is 16.6. The molecule has 0 atom stereocenters. The Bertz CT molecular complexity index is 204. The number of allylic oxidation sites excluding steroid dienone is 4. The van der Waals surface area contributed by atoms with Gasteiger partial charge in [0.2, 0.25) is 0 Å². The molecule has 2 N–H and O–H groups in total. The molecule has 0 bridgehead atoms. The molecule has 0 unspecified atom stereocenters. The third-order valence-corrected chi connectivity index (χ3v) is 1.21. The Kier molecular flexibility index (Phi) is 4.00. The second-order valence-electron chi connectivity index (χ2n) is 2.09. The van der Waals surface area contributed by atoms with E-state index in [4.69, 9.17) is 5.90 Å².